The van der Waals surface area contributed by atoms with Gasteiger partial charge in [0.25, 0.3) is 5.91 Å². The quantitative estimate of drug-likeness (QED) is 0.662. The van der Waals surface area contributed by atoms with Crippen LogP contribution in [0.5, 0.6) is 11.5 Å². The number of carbonyl (C=O) groups excluding carboxylic acids is 1. The van der Waals surface area contributed by atoms with Crippen molar-refractivity contribution in [3.05, 3.63) is 96.2 Å². The van der Waals surface area contributed by atoms with Gasteiger partial charge in [0.15, 0.2) is 0 Å². The number of anilines is 2. The van der Waals surface area contributed by atoms with E-state index in [1.54, 1.807) is 19.1 Å². The second-order valence-electron chi connectivity index (χ2n) is 6.63. The van der Waals surface area contributed by atoms with E-state index in [9.17, 15) is 4.79 Å². The highest BCUT2D eigenvalue weighted by molar-refractivity contribution is 6.11. The normalized spacial score (nSPS) is 15.8. The van der Waals surface area contributed by atoms with E-state index in [4.69, 9.17) is 9.47 Å². The Hall–Kier alpha value is -3.73. The molecule has 146 valence electrons. The van der Waals surface area contributed by atoms with Gasteiger partial charge in [-0.15, -0.1) is 0 Å². The fourth-order valence-electron chi connectivity index (χ4n) is 3.50. The molecule has 0 fully saturated rings. The number of nitrogens with one attached hydrogen (secondary N) is 1. The molecule has 0 spiro atoms. The van der Waals surface area contributed by atoms with Gasteiger partial charge in [-0.1, -0.05) is 36.4 Å². The van der Waals surface area contributed by atoms with Crippen LogP contribution in [-0.4, -0.2) is 20.1 Å². The monoisotopic (exact) mass is 386 g/mol. The molecule has 1 aliphatic heterocycles. The second-order valence-corrected chi connectivity index (χ2v) is 6.63. The molecule has 3 aromatic rings. The first-order valence-electron chi connectivity index (χ1n) is 9.35. The van der Waals surface area contributed by atoms with Crippen molar-refractivity contribution in [1.29, 1.82) is 0 Å². The first kappa shape index (κ1) is 18.6. The molecule has 0 aromatic heterocycles. The van der Waals surface area contributed by atoms with Crippen molar-refractivity contribution in [2.24, 2.45) is 0 Å². The molecule has 5 nitrogen and oxygen atoms in total. The van der Waals surface area contributed by atoms with Crippen LogP contribution < -0.4 is 19.7 Å². The maximum atomic E-state index is 13.4. The van der Waals surface area contributed by atoms with Crippen LogP contribution in [0.2, 0.25) is 0 Å². The summed E-state index contributed by atoms with van der Waals surface area (Å²) in [6.07, 6.45) is 1.93. The van der Waals surface area contributed by atoms with E-state index in [0.29, 0.717) is 17.2 Å². The molecule has 1 heterocycles. The van der Waals surface area contributed by atoms with E-state index in [1.165, 1.54) is 0 Å². The summed E-state index contributed by atoms with van der Waals surface area (Å²) in [5.74, 6) is 1.30. The molecule has 0 saturated carbocycles. The molecule has 0 aliphatic carbocycles. The third-order valence-electron chi connectivity index (χ3n) is 4.89. The first-order chi connectivity index (χ1) is 14.2. The molecule has 3 aromatic carbocycles. The van der Waals surface area contributed by atoms with Gasteiger partial charge in [0, 0.05) is 16.9 Å². The van der Waals surface area contributed by atoms with E-state index in [1.807, 2.05) is 84.9 Å². The molecule has 1 unspecified atom stereocenters. The Balaban J connectivity index is 1.80. The summed E-state index contributed by atoms with van der Waals surface area (Å²) in [6, 6.07) is 24.6. The van der Waals surface area contributed by atoms with Crippen molar-refractivity contribution < 1.29 is 14.3 Å². The van der Waals surface area contributed by atoms with Crippen molar-refractivity contribution in [3.8, 4) is 11.5 Å². The smallest absolute Gasteiger partial charge is 0.275 e. The number of ether oxygens (including phenoxy) is 2. The Bertz CT molecular complexity index is 1030. The molecule has 1 amide bonds. The van der Waals surface area contributed by atoms with E-state index >= 15 is 0 Å². The molecule has 0 saturated heterocycles. The van der Waals surface area contributed by atoms with Gasteiger partial charge in [0.1, 0.15) is 17.2 Å². The minimum Gasteiger partial charge on any atom is -0.497 e. The van der Waals surface area contributed by atoms with Gasteiger partial charge in [-0.25, -0.2) is 0 Å². The SMILES string of the molecule is COc1ccc(OC)c(C2C=C(Nc3ccccc3)C(=O)N2c2ccccc2)c1. The highest BCUT2D eigenvalue weighted by Gasteiger charge is 2.36. The maximum absolute atomic E-state index is 13.4. The number of nitrogens with zero attached hydrogens (tertiary/aromatic N) is 1. The van der Waals surface area contributed by atoms with Gasteiger partial charge < -0.3 is 14.8 Å². The molecule has 1 atom stereocenters. The van der Waals surface area contributed by atoms with Crippen molar-refractivity contribution >= 4 is 17.3 Å². The molecule has 0 bridgehead atoms. The van der Waals surface area contributed by atoms with E-state index in [-0.39, 0.29) is 11.9 Å². The van der Waals surface area contributed by atoms with Gasteiger partial charge in [-0.3, -0.25) is 9.69 Å². The number of carbonyl (C=O) groups is 1. The Morgan fingerprint density at radius 1 is 0.862 bits per heavy atom. The zero-order valence-corrected chi connectivity index (χ0v) is 16.3. The summed E-state index contributed by atoms with van der Waals surface area (Å²) in [5, 5.41) is 3.25. The Morgan fingerprint density at radius 3 is 2.21 bits per heavy atom. The number of amides is 1. The van der Waals surface area contributed by atoms with Gasteiger partial charge >= 0.3 is 0 Å². The van der Waals surface area contributed by atoms with Crippen LogP contribution in [0.1, 0.15) is 11.6 Å². The number of methoxy groups -OCH3 is 2. The van der Waals surface area contributed by atoms with Gasteiger partial charge in [0.2, 0.25) is 0 Å². The third kappa shape index (κ3) is 3.67. The lowest BCUT2D eigenvalue weighted by Gasteiger charge is -2.26. The van der Waals surface area contributed by atoms with Gasteiger partial charge in [0.05, 0.1) is 20.3 Å². The van der Waals surface area contributed by atoms with E-state index in [0.717, 1.165) is 16.9 Å². The predicted octanol–water partition coefficient (Wildman–Crippen LogP) is 4.79. The zero-order chi connectivity index (χ0) is 20.2. The van der Waals surface area contributed by atoms with Crippen LogP contribution in [0.15, 0.2) is 90.6 Å². The maximum Gasteiger partial charge on any atom is 0.275 e. The highest BCUT2D eigenvalue weighted by atomic mass is 16.5. The van der Waals surface area contributed by atoms with Crippen LogP contribution >= 0.6 is 0 Å². The molecule has 1 N–H and O–H groups in total. The lowest BCUT2D eigenvalue weighted by atomic mass is 10.0. The van der Waals surface area contributed by atoms with Crippen LogP contribution in [-0.2, 0) is 4.79 Å². The van der Waals surface area contributed by atoms with Crippen LogP contribution in [0.25, 0.3) is 0 Å². The molecular weight excluding hydrogens is 364 g/mol. The number of hydrogen-bond donors (Lipinski definition) is 1. The summed E-state index contributed by atoms with van der Waals surface area (Å²) in [4.78, 5) is 15.1. The van der Waals surface area contributed by atoms with Gasteiger partial charge in [-0.2, -0.15) is 0 Å². The summed E-state index contributed by atoms with van der Waals surface area (Å²) in [7, 11) is 3.25. The average Bonchev–Trinajstić information content (AvgIpc) is 3.10. The number of para-hydroxylation sites is 2. The lowest BCUT2D eigenvalue weighted by Crippen LogP contribution is -2.31. The number of rotatable bonds is 6. The minimum absolute atomic E-state index is 0.102. The van der Waals surface area contributed by atoms with E-state index < -0.39 is 0 Å². The topological polar surface area (TPSA) is 50.8 Å². The summed E-state index contributed by atoms with van der Waals surface area (Å²) < 4.78 is 11.0. The fourth-order valence-corrected chi connectivity index (χ4v) is 3.50. The molecule has 29 heavy (non-hydrogen) atoms. The predicted molar refractivity (Wildman–Crippen MR) is 114 cm³/mol. The Kier molecular flexibility index (Phi) is 5.20. The zero-order valence-electron chi connectivity index (χ0n) is 16.3. The van der Waals surface area contributed by atoms with Gasteiger partial charge in [-0.05, 0) is 48.5 Å². The first-order valence-corrected chi connectivity index (χ1v) is 9.35. The average molecular weight is 386 g/mol. The molecular formula is C24H22N2O3. The Morgan fingerprint density at radius 2 is 1.55 bits per heavy atom. The molecule has 1 aliphatic rings. The van der Waals surface area contributed by atoms with Crippen molar-refractivity contribution in [2.75, 3.05) is 24.4 Å². The summed E-state index contributed by atoms with van der Waals surface area (Å²) in [5.41, 5.74) is 3.05. The number of benzene rings is 3. The van der Waals surface area contributed by atoms with Crippen molar-refractivity contribution in [1.82, 2.24) is 0 Å². The minimum atomic E-state index is -0.332. The molecule has 0 radical (unpaired) electrons. The molecule has 5 heteroatoms. The highest BCUT2D eigenvalue weighted by Crippen LogP contribution is 2.40. The van der Waals surface area contributed by atoms with Crippen molar-refractivity contribution in [3.63, 3.8) is 0 Å². The van der Waals surface area contributed by atoms with Crippen LogP contribution in [0.4, 0.5) is 11.4 Å². The van der Waals surface area contributed by atoms with E-state index in [2.05, 4.69) is 5.32 Å². The largest absolute Gasteiger partial charge is 0.497 e. The number of hydrogen-bond acceptors (Lipinski definition) is 4. The van der Waals surface area contributed by atoms with Crippen LogP contribution in [0.3, 0.4) is 0 Å². The lowest BCUT2D eigenvalue weighted by molar-refractivity contribution is -0.114. The van der Waals surface area contributed by atoms with Crippen LogP contribution in [0, 0.1) is 0 Å². The Labute approximate surface area is 170 Å². The molecule has 4 rings (SSSR count). The second kappa shape index (κ2) is 8.10. The van der Waals surface area contributed by atoms with Crippen molar-refractivity contribution in [2.45, 2.75) is 6.04 Å². The summed E-state index contributed by atoms with van der Waals surface area (Å²) >= 11 is 0. The third-order valence-corrected chi connectivity index (χ3v) is 4.89. The fraction of sp³-hybridized carbons (Fsp3) is 0.125. The standard InChI is InChI=1S/C24H22N2O3/c1-28-19-13-14-23(29-2)20(15-19)22-16-21(25-17-9-5-3-6-10-17)24(27)26(22)18-11-7-4-8-12-18/h3-16,22,25H,1-2H3. The summed E-state index contributed by atoms with van der Waals surface area (Å²) in [6.45, 7) is 0.